The van der Waals surface area contributed by atoms with Gasteiger partial charge in [0.25, 0.3) is 5.91 Å². The molecule has 33 heavy (non-hydrogen) atoms. The van der Waals surface area contributed by atoms with Gasteiger partial charge < -0.3 is 14.4 Å². The topological polar surface area (TPSA) is 42.0 Å². The number of carbonyl (C=O) groups is 1. The molecule has 1 amide bonds. The number of rotatable bonds is 5. The molecule has 3 aliphatic rings. The first-order valence-electron chi connectivity index (χ1n) is 12.1. The highest BCUT2D eigenvalue weighted by Gasteiger charge is 2.43. The van der Waals surface area contributed by atoms with E-state index >= 15 is 0 Å². The van der Waals surface area contributed by atoms with Gasteiger partial charge in [-0.15, -0.1) is 0 Å². The molecule has 3 fully saturated rings. The molecule has 5 nitrogen and oxygen atoms in total. The van der Waals surface area contributed by atoms with E-state index in [1.807, 2.05) is 29.2 Å². The minimum atomic E-state index is -0.194. The van der Waals surface area contributed by atoms with Crippen LogP contribution >= 0.6 is 0 Å². The molecule has 176 valence electrons. The first-order chi connectivity index (χ1) is 16.1. The normalized spacial score (nSPS) is 23.2. The highest BCUT2D eigenvalue weighted by molar-refractivity contribution is 5.95. The Kier molecular flexibility index (Phi) is 6.76. The molecule has 3 heterocycles. The fourth-order valence-corrected chi connectivity index (χ4v) is 5.52. The lowest BCUT2D eigenvalue weighted by molar-refractivity contribution is 0.0337. The van der Waals surface area contributed by atoms with Crippen LogP contribution in [0.4, 0.5) is 4.39 Å². The number of nitrogens with zero attached hydrogens (tertiary/aromatic N) is 2. The third-order valence-electron chi connectivity index (χ3n) is 7.50. The molecule has 6 heteroatoms. The Bertz CT molecular complexity index is 967. The monoisotopic (exact) mass is 452 g/mol. The number of halogens is 1. The van der Waals surface area contributed by atoms with Gasteiger partial charge in [-0.3, -0.25) is 9.69 Å². The molecule has 0 saturated carbocycles. The van der Waals surface area contributed by atoms with E-state index in [9.17, 15) is 9.18 Å². The number of ether oxygens (including phenoxy) is 2. The van der Waals surface area contributed by atoms with Gasteiger partial charge in [0.15, 0.2) is 0 Å². The van der Waals surface area contributed by atoms with Crippen LogP contribution in [0.3, 0.4) is 0 Å². The van der Waals surface area contributed by atoms with Gasteiger partial charge in [-0.1, -0.05) is 30.3 Å². The Morgan fingerprint density at radius 2 is 1.82 bits per heavy atom. The zero-order chi connectivity index (χ0) is 22.7. The van der Waals surface area contributed by atoms with Crippen LogP contribution in [-0.4, -0.2) is 67.8 Å². The van der Waals surface area contributed by atoms with Gasteiger partial charge in [-0.2, -0.15) is 0 Å². The molecule has 5 rings (SSSR count). The summed E-state index contributed by atoms with van der Waals surface area (Å²) < 4.78 is 25.1. The maximum absolute atomic E-state index is 13.5. The molecular formula is C27H33FN2O3. The first-order valence-corrected chi connectivity index (χ1v) is 12.1. The number of carbonyl (C=O) groups excluding carboxylic acids is 1. The van der Waals surface area contributed by atoms with Crippen molar-refractivity contribution < 1.29 is 18.7 Å². The van der Waals surface area contributed by atoms with Gasteiger partial charge in [0.2, 0.25) is 0 Å². The lowest BCUT2D eigenvalue weighted by Gasteiger charge is -2.39. The second kappa shape index (κ2) is 9.92. The van der Waals surface area contributed by atoms with Crippen LogP contribution in [0.15, 0.2) is 48.5 Å². The molecule has 0 unspecified atom stereocenters. The van der Waals surface area contributed by atoms with Crippen molar-refractivity contribution in [3.63, 3.8) is 0 Å². The molecule has 1 atom stereocenters. The van der Waals surface area contributed by atoms with Crippen molar-refractivity contribution in [3.05, 3.63) is 71.0 Å². The highest BCUT2D eigenvalue weighted by atomic mass is 19.1. The number of piperidine rings is 1. The van der Waals surface area contributed by atoms with E-state index in [2.05, 4.69) is 11.0 Å². The fourth-order valence-electron chi connectivity index (χ4n) is 5.52. The highest BCUT2D eigenvalue weighted by Crippen LogP contribution is 2.43. The Balaban J connectivity index is 1.18. The zero-order valence-electron chi connectivity index (χ0n) is 19.2. The lowest BCUT2D eigenvalue weighted by Crippen LogP contribution is -2.44. The molecule has 2 aromatic carbocycles. The molecule has 0 aliphatic carbocycles. The van der Waals surface area contributed by atoms with E-state index in [1.54, 1.807) is 12.1 Å². The molecule has 0 aromatic heterocycles. The molecule has 0 radical (unpaired) electrons. The number of hydrogen-bond donors (Lipinski definition) is 0. The number of amides is 1. The van der Waals surface area contributed by atoms with Crippen molar-refractivity contribution in [2.75, 3.05) is 46.0 Å². The maximum Gasteiger partial charge on any atom is 0.254 e. The van der Waals surface area contributed by atoms with Crippen LogP contribution in [0.25, 0.3) is 0 Å². The minimum absolute atomic E-state index is 0.128. The predicted octanol–water partition coefficient (Wildman–Crippen LogP) is 3.91. The van der Waals surface area contributed by atoms with Gasteiger partial charge in [0.05, 0.1) is 25.9 Å². The Morgan fingerprint density at radius 3 is 2.61 bits per heavy atom. The van der Waals surface area contributed by atoms with Crippen molar-refractivity contribution in [3.8, 4) is 0 Å². The Morgan fingerprint density at radius 1 is 1.03 bits per heavy atom. The van der Waals surface area contributed by atoms with E-state index in [4.69, 9.17) is 9.47 Å². The minimum Gasteiger partial charge on any atom is -0.379 e. The maximum atomic E-state index is 13.5. The Hall–Kier alpha value is -2.28. The summed E-state index contributed by atoms with van der Waals surface area (Å²) in [6.07, 6.45) is 3.79. The lowest BCUT2D eigenvalue weighted by atomic mass is 9.76. The number of hydrogen-bond acceptors (Lipinski definition) is 4. The number of likely N-dealkylation sites (tertiary alicyclic amines) is 1. The molecule has 0 bridgehead atoms. The predicted molar refractivity (Wildman–Crippen MR) is 125 cm³/mol. The number of morpholine rings is 1. The van der Waals surface area contributed by atoms with E-state index < -0.39 is 0 Å². The molecule has 0 N–H and O–H groups in total. The van der Waals surface area contributed by atoms with Crippen LogP contribution in [0.5, 0.6) is 0 Å². The van der Waals surface area contributed by atoms with Gasteiger partial charge in [-0.25, -0.2) is 4.39 Å². The fraction of sp³-hybridized carbons (Fsp3) is 0.519. The van der Waals surface area contributed by atoms with E-state index in [0.29, 0.717) is 0 Å². The van der Waals surface area contributed by atoms with Crippen molar-refractivity contribution in [1.82, 2.24) is 9.80 Å². The van der Waals surface area contributed by atoms with Crippen LogP contribution in [0, 0.1) is 11.2 Å². The molecule has 1 spiro atoms. The van der Waals surface area contributed by atoms with E-state index in [-0.39, 0.29) is 23.2 Å². The molecule has 2 aromatic rings. The summed E-state index contributed by atoms with van der Waals surface area (Å²) in [6.45, 7) is 6.39. The second-order valence-corrected chi connectivity index (χ2v) is 9.81. The van der Waals surface area contributed by atoms with Gasteiger partial charge in [0.1, 0.15) is 5.82 Å². The SMILES string of the molecule is O=C(c1ccccc1CN1CCOCC1)N1CCC2(CC1)CO[C@H](Cc1cccc(F)c1)C2. The summed E-state index contributed by atoms with van der Waals surface area (Å²) in [6, 6.07) is 14.8. The van der Waals surface area contributed by atoms with Gasteiger partial charge in [-0.05, 0) is 60.4 Å². The van der Waals surface area contributed by atoms with E-state index in [1.165, 1.54) is 6.07 Å². The number of benzene rings is 2. The summed E-state index contributed by atoms with van der Waals surface area (Å²) in [4.78, 5) is 17.8. The summed E-state index contributed by atoms with van der Waals surface area (Å²) in [7, 11) is 0. The summed E-state index contributed by atoms with van der Waals surface area (Å²) in [5.41, 5.74) is 3.06. The molecular weight excluding hydrogens is 419 g/mol. The third-order valence-corrected chi connectivity index (χ3v) is 7.50. The standard InChI is InChI=1S/C27H33FN2O3/c28-23-6-3-4-21(16-23)17-24-18-27(20-33-24)8-10-30(11-9-27)26(31)25-7-2-1-5-22(25)19-29-12-14-32-15-13-29/h1-7,16,24H,8-15,17-20H2/t24-/m1/s1. The first kappa shape index (κ1) is 22.5. The third kappa shape index (κ3) is 5.29. The Labute approximate surface area is 195 Å². The van der Waals surface area contributed by atoms with Crippen LogP contribution < -0.4 is 0 Å². The molecule has 3 aliphatic heterocycles. The summed E-state index contributed by atoms with van der Waals surface area (Å²) >= 11 is 0. The summed E-state index contributed by atoms with van der Waals surface area (Å²) in [5.74, 6) is -0.0510. The largest absolute Gasteiger partial charge is 0.379 e. The second-order valence-electron chi connectivity index (χ2n) is 9.81. The average molecular weight is 453 g/mol. The van der Waals surface area contributed by atoms with Crippen molar-refractivity contribution in [2.45, 2.75) is 38.3 Å². The van der Waals surface area contributed by atoms with Crippen LogP contribution in [0.1, 0.15) is 40.7 Å². The van der Waals surface area contributed by atoms with Crippen molar-refractivity contribution in [2.24, 2.45) is 5.41 Å². The van der Waals surface area contributed by atoms with Crippen LogP contribution in [-0.2, 0) is 22.4 Å². The average Bonchev–Trinajstić information content (AvgIpc) is 3.22. The van der Waals surface area contributed by atoms with Crippen molar-refractivity contribution >= 4 is 5.91 Å². The summed E-state index contributed by atoms with van der Waals surface area (Å²) in [5, 5.41) is 0. The van der Waals surface area contributed by atoms with Crippen LogP contribution in [0.2, 0.25) is 0 Å². The van der Waals surface area contributed by atoms with Gasteiger partial charge in [0, 0.05) is 38.3 Å². The van der Waals surface area contributed by atoms with E-state index in [0.717, 1.165) is 94.9 Å². The molecule has 3 saturated heterocycles. The quantitative estimate of drug-likeness (QED) is 0.690. The smallest absolute Gasteiger partial charge is 0.254 e. The van der Waals surface area contributed by atoms with Gasteiger partial charge >= 0.3 is 0 Å². The zero-order valence-corrected chi connectivity index (χ0v) is 19.2. The van der Waals surface area contributed by atoms with Crippen molar-refractivity contribution in [1.29, 1.82) is 0 Å².